The standard InChI is InChI=1S/C18H24N4O2/c23-17-16(7-3-9-22(17)15-6-2-8-19-10-15)20-18(24)21-11-13-4-1-5-14(13)12-21/h2,6,8,10,13-14,16H,1,3-5,7,9,11-12H2,(H,20,24). The monoisotopic (exact) mass is 328 g/mol. The minimum absolute atomic E-state index is 0.0259. The molecular weight excluding hydrogens is 304 g/mol. The van der Waals surface area contributed by atoms with E-state index in [1.807, 2.05) is 17.0 Å². The average Bonchev–Trinajstić information content (AvgIpc) is 3.19. The van der Waals surface area contributed by atoms with E-state index in [0.29, 0.717) is 24.8 Å². The van der Waals surface area contributed by atoms with Gasteiger partial charge in [0.15, 0.2) is 0 Å². The Morgan fingerprint density at radius 3 is 2.67 bits per heavy atom. The number of carbonyl (C=O) groups is 2. The van der Waals surface area contributed by atoms with Gasteiger partial charge in [-0.15, -0.1) is 0 Å². The molecule has 24 heavy (non-hydrogen) atoms. The summed E-state index contributed by atoms with van der Waals surface area (Å²) < 4.78 is 0. The number of urea groups is 1. The molecule has 2 aliphatic heterocycles. The van der Waals surface area contributed by atoms with Gasteiger partial charge in [0.25, 0.3) is 0 Å². The van der Waals surface area contributed by atoms with Crippen LogP contribution in [0.3, 0.4) is 0 Å². The minimum Gasteiger partial charge on any atom is -0.326 e. The summed E-state index contributed by atoms with van der Waals surface area (Å²) in [5, 5.41) is 2.97. The molecule has 6 heteroatoms. The van der Waals surface area contributed by atoms with Gasteiger partial charge in [0.1, 0.15) is 6.04 Å². The Labute approximate surface area is 142 Å². The summed E-state index contributed by atoms with van der Waals surface area (Å²) in [5.74, 6) is 1.32. The zero-order chi connectivity index (χ0) is 16.5. The third-order valence-corrected chi connectivity index (χ3v) is 5.71. The average molecular weight is 328 g/mol. The van der Waals surface area contributed by atoms with Crippen molar-refractivity contribution < 1.29 is 9.59 Å². The molecule has 2 saturated heterocycles. The van der Waals surface area contributed by atoms with Gasteiger partial charge in [-0.3, -0.25) is 9.78 Å². The van der Waals surface area contributed by atoms with Crippen LogP contribution in [0.25, 0.3) is 0 Å². The zero-order valence-corrected chi connectivity index (χ0v) is 13.9. The van der Waals surface area contributed by atoms with Gasteiger partial charge in [-0.25, -0.2) is 4.79 Å². The fourth-order valence-electron chi connectivity index (χ4n) is 4.42. The first kappa shape index (κ1) is 15.4. The number of fused-ring (bicyclic) bond motifs is 1. The molecule has 3 unspecified atom stereocenters. The van der Waals surface area contributed by atoms with Crippen LogP contribution in [0.5, 0.6) is 0 Å². The van der Waals surface area contributed by atoms with E-state index < -0.39 is 6.04 Å². The molecular formula is C18H24N4O2. The highest BCUT2D eigenvalue weighted by Crippen LogP contribution is 2.37. The van der Waals surface area contributed by atoms with Crippen LogP contribution in [0.1, 0.15) is 32.1 Å². The van der Waals surface area contributed by atoms with Gasteiger partial charge in [0.2, 0.25) is 5.91 Å². The zero-order valence-electron chi connectivity index (χ0n) is 13.9. The molecule has 0 aromatic carbocycles. The molecule has 1 aliphatic carbocycles. The van der Waals surface area contributed by atoms with E-state index in [0.717, 1.165) is 25.2 Å². The second kappa shape index (κ2) is 6.42. The largest absolute Gasteiger partial charge is 0.326 e. The number of pyridine rings is 1. The first-order valence-corrected chi connectivity index (χ1v) is 8.99. The van der Waals surface area contributed by atoms with E-state index >= 15 is 0 Å². The van der Waals surface area contributed by atoms with E-state index in [1.54, 1.807) is 17.3 Å². The van der Waals surface area contributed by atoms with Gasteiger partial charge in [0, 0.05) is 25.8 Å². The van der Waals surface area contributed by atoms with E-state index in [9.17, 15) is 9.59 Å². The maximum Gasteiger partial charge on any atom is 0.318 e. The highest BCUT2D eigenvalue weighted by Gasteiger charge is 2.39. The smallest absolute Gasteiger partial charge is 0.318 e. The third-order valence-electron chi connectivity index (χ3n) is 5.71. The molecule has 1 N–H and O–H groups in total. The fourth-order valence-corrected chi connectivity index (χ4v) is 4.42. The summed E-state index contributed by atoms with van der Waals surface area (Å²) in [6.45, 7) is 2.39. The fraction of sp³-hybridized carbons (Fsp3) is 0.611. The third kappa shape index (κ3) is 2.85. The lowest BCUT2D eigenvalue weighted by molar-refractivity contribution is -0.121. The van der Waals surface area contributed by atoms with Crippen molar-refractivity contribution in [2.75, 3.05) is 24.5 Å². The van der Waals surface area contributed by atoms with Crippen molar-refractivity contribution in [3.05, 3.63) is 24.5 Å². The summed E-state index contributed by atoms with van der Waals surface area (Å²) in [6.07, 6.45) is 8.77. The quantitative estimate of drug-likeness (QED) is 0.903. The van der Waals surface area contributed by atoms with Gasteiger partial charge < -0.3 is 15.1 Å². The first-order chi connectivity index (χ1) is 11.7. The Balaban J connectivity index is 1.39. The van der Waals surface area contributed by atoms with Crippen LogP contribution in [0.15, 0.2) is 24.5 Å². The molecule has 1 saturated carbocycles. The predicted octanol–water partition coefficient (Wildman–Crippen LogP) is 2.02. The highest BCUT2D eigenvalue weighted by molar-refractivity contribution is 5.99. The van der Waals surface area contributed by atoms with E-state index in [2.05, 4.69) is 10.3 Å². The number of nitrogens with zero attached hydrogens (tertiary/aromatic N) is 3. The molecule has 0 bridgehead atoms. The van der Waals surface area contributed by atoms with Gasteiger partial charge >= 0.3 is 6.03 Å². The van der Waals surface area contributed by atoms with Crippen LogP contribution in [-0.2, 0) is 4.79 Å². The second-order valence-corrected chi connectivity index (χ2v) is 7.20. The molecule has 0 spiro atoms. The Kier molecular flexibility index (Phi) is 4.12. The number of piperidine rings is 1. The van der Waals surface area contributed by atoms with Crippen molar-refractivity contribution in [1.82, 2.24) is 15.2 Å². The number of anilines is 1. The number of amides is 3. The van der Waals surface area contributed by atoms with Crippen LogP contribution in [0.4, 0.5) is 10.5 Å². The maximum absolute atomic E-state index is 12.7. The first-order valence-electron chi connectivity index (χ1n) is 8.99. The second-order valence-electron chi connectivity index (χ2n) is 7.20. The number of nitrogens with one attached hydrogen (secondary N) is 1. The topological polar surface area (TPSA) is 65.5 Å². The lowest BCUT2D eigenvalue weighted by atomic mass is 10.0. The van der Waals surface area contributed by atoms with Crippen molar-refractivity contribution in [3.8, 4) is 0 Å². The maximum atomic E-state index is 12.7. The van der Waals surface area contributed by atoms with Crippen molar-refractivity contribution in [2.45, 2.75) is 38.1 Å². The van der Waals surface area contributed by atoms with Crippen LogP contribution in [-0.4, -0.2) is 47.5 Å². The number of hydrogen-bond acceptors (Lipinski definition) is 3. The summed E-state index contributed by atoms with van der Waals surface area (Å²) in [6, 6.07) is 3.22. The van der Waals surface area contributed by atoms with E-state index in [1.165, 1.54) is 19.3 Å². The van der Waals surface area contributed by atoms with E-state index in [-0.39, 0.29) is 11.9 Å². The van der Waals surface area contributed by atoms with Gasteiger partial charge in [-0.2, -0.15) is 0 Å². The van der Waals surface area contributed by atoms with Crippen molar-refractivity contribution >= 4 is 17.6 Å². The molecule has 0 radical (unpaired) electrons. The molecule has 1 aromatic rings. The lowest BCUT2D eigenvalue weighted by Crippen LogP contribution is -2.55. The van der Waals surface area contributed by atoms with Crippen molar-refractivity contribution in [3.63, 3.8) is 0 Å². The normalized spacial score (nSPS) is 29.7. The highest BCUT2D eigenvalue weighted by atomic mass is 16.2. The summed E-state index contributed by atoms with van der Waals surface area (Å²) in [5.41, 5.74) is 0.803. The molecule has 3 fully saturated rings. The van der Waals surface area contributed by atoms with Crippen LogP contribution in [0.2, 0.25) is 0 Å². The van der Waals surface area contributed by atoms with Crippen LogP contribution >= 0.6 is 0 Å². The molecule has 3 heterocycles. The van der Waals surface area contributed by atoms with Gasteiger partial charge in [0.05, 0.1) is 11.9 Å². The number of hydrogen-bond donors (Lipinski definition) is 1. The molecule has 1 aromatic heterocycles. The predicted molar refractivity (Wildman–Crippen MR) is 90.5 cm³/mol. The summed E-state index contributed by atoms with van der Waals surface area (Å²) >= 11 is 0. The minimum atomic E-state index is -0.424. The number of aromatic nitrogens is 1. The molecule has 3 atom stereocenters. The Morgan fingerprint density at radius 2 is 1.96 bits per heavy atom. The molecule has 4 rings (SSSR count). The Hall–Kier alpha value is -2.11. The molecule has 3 aliphatic rings. The summed E-state index contributed by atoms with van der Waals surface area (Å²) in [4.78, 5) is 33.0. The van der Waals surface area contributed by atoms with Crippen molar-refractivity contribution in [2.24, 2.45) is 11.8 Å². The Bertz CT molecular complexity index is 609. The van der Waals surface area contributed by atoms with Crippen molar-refractivity contribution in [1.29, 1.82) is 0 Å². The van der Waals surface area contributed by atoms with Crippen LogP contribution < -0.4 is 10.2 Å². The molecule has 128 valence electrons. The lowest BCUT2D eigenvalue weighted by Gasteiger charge is -2.33. The van der Waals surface area contributed by atoms with Crippen LogP contribution in [0, 0.1) is 11.8 Å². The Morgan fingerprint density at radius 1 is 1.17 bits per heavy atom. The molecule has 3 amide bonds. The number of carbonyl (C=O) groups excluding carboxylic acids is 2. The van der Waals surface area contributed by atoms with Gasteiger partial charge in [-0.05, 0) is 49.7 Å². The number of rotatable bonds is 2. The van der Waals surface area contributed by atoms with Gasteiger partial charge in [-0.1, -0.05) is 6.42 Å². The molecule has 6 nitrogen and oxygen atoms in total. The van der Waals surface area contributed by atoms with E-state index in [4.69, 9.17) is 0 Å². The number of likely N-dealkylation sites (tertiary alicyclic amines) is 1. The SMILES string of the molecule is O=C(NC1CCCN(c2cccnc2)C1=O)N1CC2CCCC2C1. The summed E-state index contributed by atoms with van der Waals surface area (Å²) in [7, 11) is 0.